The molecule has 5 rings (SSSR count). The first-order chi connectivity index (χ1) is 15.0. The molecule has 2 aromatic carbocycles. The Balaban J connectivity index is 1.59. The number of ether oxygens (including phenoxy) is 1. The summed E-state index contributed by atoms with van der Waals surface area (Å²) in [6, 6.07) is 16.5. The Kier molecular flexibility index (Phi) is 5.17. The summed E-state index contributed by atoms with van der Waals surface area (Å²) in [4.78, 5) is 0.264. The maximum absolute atomic E-state index is 13.5. The highest BCUT2D eigenvalue weighted by molar-refractivity contribution is 7.89. The average molecular weight is 438 g/mol. The molecule has 31 heavy (non-hydrogen) atoms. The molecule has 0 saturated carbocycles. The number of sulfonamides is 1. The first-order valence-electron chi connectivity index (χ1n) is 10.3. The molecule has 0 aliphatic carbocycles. The van der Waals surface area contributed by atoms with Crippen LogP contribution in [0.25, 0.3) is 16.6 Å². The molecular formula is C22H23N5O3S. The SMILES string of the molecule is Cc1ccc2cc(CN(C[C@@H]3CCCO3)S(=O)(=O)c3ccccc3)c3nnnn3c2c1. The van der Waals surface area contributed by atoms with Gasteiger partial charge in [-0.3, -0.25) is 0 Å². The van der Waals surface area contributed by atoms with Gasteiger partial charge in [-0.2, -0.15) is 8.82 Å². The fraction of sp³-hybridized carbons (Fsp3) is 0.318. The molecular weight excluding hydrogens is 414 g/mol. The van der Waals surface area contributed by atoms with Crippen molar-refractivity contribution < 1.29 is 13.2 Å². The number of hydrogen-bond acceptors (Lipinski definition) is 6. The predicted octanol–water partition coefficient (Wildman–Crippen LogP) is 2.96. The molecule has 0 unspecified atom stereocenters. The van der Waals surface area contributed by atoms with Gasteiger partial charge in [-0.15, -0.1) is 5.10 Å². The second-order valence-electron chi connectivity index (χ2n) is 7.89. The van der Waals surface area contributed by atoms with Crippen molar-refractivity contribution in [1.29, 1.82) is 0 Å². The summed E-state index contributed by atoms with van der Waals surface area (Å²) in [6.07, 6.45) is 1.67. The molecule has 1 fully saturated rings. The quantitative estimate of drug-likeness (QED) is 0.461. The van der Waals surface area contributed by atoms with Crippen LogP contribution in [0.5, 0.6) is 0 Å². The smallest absolute Gasteiger partial charge is 0.243 e. The van der Waals surface area contributed by atoms with Gasteiger partial charge in [-0.1, -0.05) is 30.3 Å². The zero-order valence-electron chi connectivity index (χ0n) is 17.2. The van der Waals surface area contributed by atoms with E-state index in [9.17, 15) is 8.42 Å². The summed E-state index contributed by atoms with van der Waals surface area (Å²) < 4.78 is 36.0. The Morgan fingerprint density at radius 3 is 2.77 bits per heavy atom. The topological polar surface area (TPSA) is 89.7 Å². The van der Waals surface area contributed by atoms with Gasteiger partial charge in [0.25, 0.3) is 0 Å². The van der Waals surface area contributed by atoms with Gasteiger partial charge < -0.3 is 4.74 Å². The Hall–Kier alpha value is -2.88. The first kappa shape index (κ1) is 20.0. The third-order valence-electron chi connectivity index (χ3n) is 5.66. The van der Waals surface area contributed by atoms with Crippen LogP contribution in [0, 0.1) is 6.92 Å². The molecule has 4 aromatic rings. The number of nitrogens with zero attached hydrogens (tertiary/aromatic N) is 5. The van der Waals surface area contributed by atoms with Crippen LogP contribution in [0.3, 0.4) is 0 Å². The Morgan fingerprint density at radius 2 is 2.00 bits per heavy atom. The van der Waals surface area contributed by atoms with E-state index in [1.54, 1.807) is 34.8 Å². The third kappa shape index (κ3) is 3.80. The Bertz CT molecular complexity index is 1330. The third-order valence-corrected chi connectivity index (χ3v) is 7.49. The fourth-order valence-electron chi connectivity index (χ4n) is 4.07. The van der Waals surface area contributed by atoms with Crippen molar-refractivity contribution in [1.82, 2.24) is 24.3 Å². The lowest BCUT2D eigenvalue weighted by Gasteiger charge is -2.25. The van der Waals surface area contributed by atoms with E-state index >= 15 is 0 Å². The molecule has 3 heterocycles. The van der Waals surface area contributed by atoms with Gasteiger partial charge in [0.1, 0.15) is 0 Å². The van der Waals surface area contributed by atoms with E-state index in [-0.39, 0.29) is 24.1 Å². The van der Waals surface area contributed by atoms with Gasteiger partial charge in [-0.25, -0.2) is 8.42 Å². The normalized spacial score (nSPS) is 17.2. The largest absolute Gasteiger partial charge is 0.377 e. The van der Waals surface area contributed by atoms with E-state index < -0.39 is 10.0 Å². The molecule has 0 radical (unpaired) electrons. The summed E-state index contributed by atoms with van der Waals surface area (Å²) in [5.41, 5.74) is 3.29. The second-order valence-corrected chi connectivity index (χ2v) is 9.83. The van der Waals surface area contributed by atoms with Crippen LogP contribution < -0.4 is 0 Å². The molecule has 0 spiro atoms. The van der Waals surface area contributed by atoms with Crippen LogP contribution in [0.4, 0.5) is 0 Å². The van der Waals surface area contributed by atoms with E-state index in [2.05, 4.69) is 15.5 Å². The summed E-state index contributed by atoms with van der Waals surface area (Å²) in [5, 5.41) is 13.1. The van der Waals surface area contributed by atoms with Gasteiger partial charge in [0, 0.05) is 30.6 Å². The number of rotatable bonds is 6. The van der Waals surface area contributed by atoms with Gasteiger partial charge in [0.15, 0.2) is 5.65 Å². The molecule has 8 nitrogen and oxygen atoms in total. The van der Waals surface area contributed by atoms with Crippen LogP contribution in [0.2, 0.25) is 0 Å². The van der Waals surface area contributed by atoms with Crippen molar-refractivity contribution in [3.63, 3.8) is 0 Å². The van der Waals surface area contributed by atoms with Crippen LogP contribution in [-0.2, 0) is 21.3 Å². The van der Waals surface area contributed by atoms with Gasteiger partial charge >= 0.3 is 0 Å². The number of pyridine rings is 1. The lowest BCUT2D eigenvalue weighted by atomic mass is 10.1. The van der Waals surface area contributed by atoms with Crippen molar-refractivity contribution in [3.05, 3.63) is 65.7 Å². The molecule has 1 atom stereocenters. The standard InChI is InChI=1S/C22H23N5O3S/c1-16-9-10-17-13-18(22-23-24-25-27(22)21(17)12-16)14-26(15-19-6-5-11-30-19)31(28,29)20-7-3-2-4-8-20/h2-4,7-10,12-13,19H,5-6,11,14-15H2,1H3/t19-/m0/s1. The first-order valence-corrected chi connectivity index (χ1v) is 11.7. The number of tetrazole rings is 1. The lowest BCUT2D eigenvalue weighted by Crippen LogP contribution is -2.37. The Labute approximate surface area is 180 Å². The van der Waals surface area contributed by atoms with Gasteiger partial charge in [0.05, 0.1) is 16.5 Å². The highest BCUT2D eigenvalue weighted by Gasteiger charge is 2.30. The van der Waals surface area contributed by atoms with Crippen LogP contribution in [0.15, 0.2) is 59.5 Å². The van der Waals surface area contributed by atoms with Crippen LogP contribution >= 0.6 is 0 Å². The molecule has 0 bridgehead atoms. The minimum absolute atomic E-state index is 0.117. The highest BCUT2D eigenvalue weighted by atomic mass is 32.2. The summed E-state index contributed by atoms with van der Waals surface area (Å²) in [5.74, 6) is 0. The van der Waals surface area contributed by atoms with Crippen molar-refractivity contribution in [2.24, 2.45) is 0 Å². The lowest BCUT2D eigenvalue weighted by molar-refractivity contribution is 0.0926. The molecule has 0 N–H and O–H groups in total. The average Bonchev–Trinajstić information content (AvgIpc) is 3.46. The zero-order valence-corrected chi connectivity index (χ0v) is 18.0. The molecule has 1 aliphatic heterocycles. The monoisotopic (exact) mass is 437 g/mol. The summed E-state index contributed by atoms with van der Waals surface area (Å²) in [7, 11) is -3.72. The van der Waals surface area contributed by atoms with E-state index in [0.29, 0.717) is 12.3 Å². The fourth-order valence-corrected chi connectivity index (χ4v) is 5.54. The van der Waals surface area contributed by atoms with Crippen LogP contribution in [-0.4, -0.2) is 52.0 Å². The molecule has 1 aliphatic rings. The van der Waals surface area contributed by atoms with Gasteiger partial charge in [0.2, 0.25) is 10.0 Å². The van der Waals surface area contributed by atoms with Gasteiger partial charge in [-0.05, 0) is 60.0 Å². The summed E-state index contributed by atoms with van der Waals surface area (Å²) in [6.45, 7) is 3.12. The molecule has 1 saturated heterocycles. The van der Waals surface area contributed by atoms with E-state index in [4.69, 9.17) is 4.74 Å². The predicted molar refractivity (Wildman–Crippen MR) is 116 cm³/mol. The van der Waals surface area contributed by atoms with Crippen LogP contribution in [0.1, 0.15) is 24.0 Å². The molecule has 0 amide bonds. The van der Waals surface area contributed by atoms with E-state index in [1.165, 1.54) is 4.31 Å². The van der Waals surface area contributed by atoms with Crippen molar-refractivity contribution in [2.75, 3.05) is 13.2 Å². The van der Waals surface area contributed by atoms with Crippen molar-refractivity contribution in [3.8, 4) is 0 Å². The maximum atomic E-state index is 13.5. The molecule has 160 valence electrons. The minimum Gasteiger partial charge on any atom is -0.377 e. The summed E-state index contributed by atoms with van der Waals surface area (Å²) >= 11 is 0. The van der Waals surface area contributed by atoms with Crippen molar-refractivity contribution >= 4 is 26.6 Å². The molecule has 9 heteroatoms. The number of aromatic nitrogens is 4. The number of benzene rings is 2. The molecule has 2 aromatic heterocycles. The van der Waals surface area contributed by atoms with E-state index in [0.717, 1.165) is 34.9 Å². The maximum Gasteiger partial charge on any atom is 0.243 e. The highest BCUT2D eigenvalue weighted by Crippen LogP contribution is 2.26. The van der Waals surface area contributed by atoms with Crippen molar-refractivity contribution in [2.45, 2.75) is 37.3 Å². The van der Waals surface area contributed by atoms with E-state index in [1.807, 2.05) is 31.2 Å². The number of hydrogen-bond donors (Lipinski definition) is 0. The second kappa shape index (κ2) is 7.99. The number of aryl methyl sites for hydroxylation is 1. The number of fused-ring (bicyclic) bond motifs is 3. The Morgan fingerprint density at radius 1 is 1.16 bits per heavy atom. The minimum atomic E-state index is -3.72. The zero-order chi connectivity index (χ0) is 21.4.